The summed E-state index contributed by atoms with van der Waals surface area (Å²) in [6, 6.07) is 9.29. The van der Waals surface area contributed by atoms with Crippen molar-refractivity contribution in [3.8, 4) is 11.5 Å². The molecular formula is C13H10Cl3NO3S. The molecule has 0 spiro atoms. The monoisotopic (exact) mass is 365 g/mol. The number of benzene rings is 2. The summed E-state index contributed by atoms with van der Waals surface area (Å²) in [5, 5.41) is 1.15. The van der Waals surface area contributed by atoms with Crippen LogP contribution in [0.5, 0.6) is 11.5 Å². The molecule has 0 radical (unpaired) electrons. The molecule has 0 aliphatic heterocycles. The number of hydrogen-bond acceptors (Lipinski definition) is 3. The van der Waals surface area contributed by atoms with Gasteiger partial charge in [0.05, 0.1) is 17.0 Å². The van der Waals surface area contributed by atoms with Gasteiger partial charge in [-0.25, -0.2) is 8.42 Å². The topological polar surface area (TPSA) is 55.4 Å². The quantitative estimate of drug-likeness (QED) is 0.844. The third-order valence-electron chi connectivity index (χ3n) is 2.35. The molecular weight excluding hydrogens is 357 g/mol. The Morgan fingerprint density at radius 1 is 0.952 bits per heavy atom. The summed E-state index contributed by atoms with van der Waals surface area (Å²) < 4.78 is 30.7. The summed E-state index contributed by atoms with van der Waals surface area (Å²) in [5.74, 6) is 0.619. The number of hydrogen-bond donors (Lipinski definition) is 1. The molecule has 2 aromatic rings. The second-order valence-corrected chi connectivity index (χ2v) is 7.22. The Bertz CT molecular complexity index is 778. The smallest absolute Gasteiger partial charge is 0.229 e. The van der Waals surface area contributed by atoms with Crippen LogP contribution in [-0.4, -0.2) is 14.7 Å². The van der Waals surface area contributed by atoms with E-state index in [2.05, 4.69) is 4.72 Å². The zero-order chi connectivity index (χ0) is 15.6. The first-order valence-electron chi connectivity index (χ1n) is 5.65. The van der Waals surface area contributed by atoms with Crippen LogP contribution in [-0.2, 0) is 10.0 Å². The van der Waals surface area contributed by atoms with Crippen molar-refractivity contribution in [2.75, 3.05) is 11.0 Å². The Morgan fingerprint density at radius 3 is 2.10 bits per heavy atom. The minimum Gasteiger partial charge on any atom is -0.454 e. The van der Waals surface area contributed by atoms with E-state index in [0.29, 0.717) is 20.8 Å². The molecule has 8 heteroatoms. The first-order valence-corrected chi connectivity index (χ1v) is 8.67. The second-order valence-electron chi connectivity index (χ2n) is 4.19. The predicted molar refractivity (Wildman–Crippen MR) is 86.5 cm³/mol. The molecule has 0 bridgehead atoms. The van der Waals surface area contributed by atoms with Crippen molar-refractivity contribution in [3.63, 3.8) is 0 Å². The molecule has 0 aromatic heterocycles. The lowest BCUT2D eigenvalue weighted by Crippen LogP contribution is -2.10. The number of halogens is 3. The minimum atomic E-state index is -3.47. The number of rotatable bonds is 4. The summed E-state index contributed by atoms with van der Waals surface area (Å²) in [7, 11) is -3.47. The summed E-state index contributed by atoms with van der Waals surface area (Å²) in [4.78, 5) is 0. The molecule has 0 unspecified atom stereocenters. The van der Waals surface area contributed by atoms with Gasteiger partial charge in [-0.2, -0.15) is 0 Å². The van der Waals surface area contributed by atoms with E-state index in [9.17, 15) is 8.42 Å². The third-order valence-corrected chi connectivity index (χ3v) is 3.71. The number of sulfonamides is 1. The lowest BCUT2D eigenvalue weighted by Gasteiger charge is -2.13. The lowest BCUT2D eigenvalue weighted by molar-refractivity contribution is 0.485. The van der Waals surface area contributed by atoms with Gasteiger partial charge >= 0.3 is 0 Å². The van der Waals surface area contributed by atoms with Gasteiger partial charge in [0, 0.05) is 10.0 Å². The van der Waals surface area contributed by atoms with Crippen LogP contribution in [0, 0.1) is 0 Å². The normalized spacial score (nSPS) is 11.2. The zero-order valence-electron chi connectivity index (χ0n) is 10.7. The molecule has 4 nitrogen and oxygen atoms in total. The molecule has 112 valence electrons. The fourth-order valence-corrected chi connectivity index (χ4v) is 2.73. The van der Waals surface area contributed by atoms with Gasteiger partial charge < -0.3 is 4.74 Å². The maximum absolute atomic E-state index is 11.4. The maximum atomic E-state index is 11.4. The molecule has 0 fully saturated rings. The van der Waals surface area contributed by atoms with Gasteiger partial charge in [-0.05, 0) is 36.4 Å². The van der Waals surface area contributed by atoms with Crippen molar-refractivity contribution in [1.82, 2.24) is 0 Å². The van der Waals surface area contributed by atoms with Gasteiger partial charge in [-0.15, -0.1) is 0 Å². The van der Waals surface area contributed by atoms with E-state index < -0.39 is 10.0 Å². The molecule has 2 rings (SSSR count). The molecule has 21 heavy (non-hydrogen) atoms. The van der Waals surface area contributed by atoms with Crippen LogP contribution in [0.25, 0.3) is 0 Å². The Labute approximate surface area is 137 Å². The largest absolute Gasteiger partial charge is 0.454 e. The van der Waals surface area contributed by atoms with Crippen molar-refractivity contribution in [1.29, 1.82) is 0 Å². The fraction of sp³-hybridized carbons (Fsp3) is 0.0769. The number of nitrogens with one attached hydrogen (secondary N) is 1. The van der Waals surface area contributed by atoms with Crippen LogP contribution in [0.2, 0.25) is 15.1 Å². The Hall–Kier alpha value is -1.14. The van der Waals surface area contributed by atoms with Crippen LogP contribution in [0.15, 0.2) is 36.4 Å². The molecule has 0 saturated heterocycles. The molecule has 2 aromatic carbocycles. The molecule has 0 saturated carbocycles. The van der Waals surface area contributed by atoms with E-state index in [-0.39, 0.29) is 11.4 Å². The van der Waals surface area contributed by atoms with Gasteiger partial charge in [0.15, 0.2) is 5.75 Å². The highest BCUT2D eigenvalue weighted by atomic mass is 35.5. The Balaban J connectivity index is 2.39. The molecule has 0 atom stereocenters. The highest BCUT2D eigenvalue weighted by Gasteiger charge is 2.12. The highest BCUT2D eigenvalue weighted by molar-refractivity contribution is 7.92. The van der Waals surface area contributed by atoms with Crippen LogP contribution in [0.3, 0.4) is 0 Å². The average Bonchev–Trinajstić information content (AvgIpc) is 2.33. The number of ether oxygens (including phenoxy) is 1. The van der Waals surface area contributed by atoms with Gasteiger partial charge in [0.2, 0.25) is 10.0 Å². The van der Waals surface area contributed by atoms with Gasteiger partial charge in [0.1, 0.15) is 5.75 Å². The van der Waals surface area contributed by atoms with Crippen LogP contribution < -0.4 is 9.46 Å². The second kappa shape index (κ2) is 6.32. The van der Waals surface area contributed by atoms with Crippen molar-refractivity contribution < 1.29 is 13.2 Å². The average molecular weight is 367 g/mol. The van der Waals surface area contributed by atoms with Crippen molar-refractivity contribution in [2.24, 2.45) is 0 Å². The molecule has 1 N–H and O–H groups in total. The van der Waals surface area contributed by atoms with Gasteiger partial charge in [-0.1, -0.05) is 34.8 Å². The Morgan fingerprint density at radius 2 is 1.52 bits per heavy atom. The first kappa shape index (κ1) is 16.2. The summed E-state index contributed by atoms with van der Waals surface area (Å²) >= 11 is 17.7. The van der Waals surface area contributed by atoms with E-state index in [1.165, 1.54) is 12.1 Å². The van der Waals surface area contributed by atoms with Crippen LogP contribution in [0.1, 0.15) is 0 Å². The van der Waals surface area contributed by atoms with Crippen LogP contribution >= 0.6 is 34.8 Å². The van der Waals surface area contributed by atoms with E-state index >= 15 is 0 Å². The fourth-order valence-electron chi connectivity index (χ4n) is 1.55. The number of anilines is 1. The molecule has 0 aliphatic carbocycles. The standard InChI is InChI=1S/C13H10Cl3NO3S/c1-21(18,19)17-11-7-9(15)3-5-13(11)20-12-4-2-8(14)6-10(12)16/h2-7,17H,1H3. The minimum absolute atomic E-state index is 0.219. The van der Waals surface area contributed by atoms with Crippen molar-refractivity contribution in [3.05, 3.63) is 51.5 Å². The first-order chi connectivity index (χ1) is 9.74. The van der Waals surface area contributed by atoms with E-state index in [4.69, 9.17) is 39.5 Å². The van der Waals surface area contributed by atoms with Crippen LogP contribution in [0.4, 0.5) is 5.69 Å². The van der Waals surface area contributed by atoms with Crippen molar-refractivity contribution >= 4 is 50.5 Å². The molecule has 0 heterocycles. The molecule has 0 aliphatic rings. The zero-order valence-corrected chi connectivity index (χ0v) is 13.8. The highest BCUT2D eigenvalue weighted by Crippen LogP contribution is 2.36. The van der Waals surface area contributed by atoms with E-state index in [1.807, 2.05) is 0 Å². The lowest BCUT2D eigenvalue weighted by atomic mass is 10.3. The SMILES string of the molecule is CS(=O)(=O)Nc1cc(Cl)ccc1Oc1ccc(Cl)cc1Cl. The van der Waals surface area contributed by atoms with Gasteiger partial charge in [-0.3, -0.25) is 4.72 Å². The maximum Gasteiger partial charge on any atom is 0.229 e. The summed E-state index contributed by atoms with van der Waals surface area (Å²) in [6.45, 7) is 0. The third kappa shape index (κ3) is 4.68. The Kier molecular flexibility index (Phi) is 4.88. The summed E-state index contributed by atoms with van der Waals surface area (Å²) in [6.07, 6.45) is 1.03. The van der Waals surface area contributed by atoms with Crippen molar-refractivity contribution in [2.45, 2.75) is 0 Å². The summed E-state index contributed by atoms with van der Waals surface area (Å²) in [5.41, 5.74) is 0.219. The van der Waals surface area contributed by atoms with E-state index in [0.717, 1.165) is 6.26 Å². The van der Waals surface area contributed by atoms with E-state index in [1.54, 1.807) is 24.3 Å². The van der Waals surface area contributed by atoms with Gasteiger partial charge in [0.25, 0.3) is 0 Å². The molecule has 0 amide bonds. The predicted octanol–water partition coefficient (Wildman–Crippen LogP) is 4.81.